The van der Waals surface area contributed by atoms with Crippen LogP contribution in [-0.2, 0) is 14.3 Å². The lowest BCUT2D eigenvalue weighted by Gasteiger charge is -2.01. The third kappa shape index (κ3) is 3.28. The van der Waals surface area contributed by atoms with Gasteiger partial charge in [-0.25, -0.2) is 4.79 Å². The van der Waals surface area contributed by atoms with E-state index in [1.165, 1.54) is 25.3 Å². The van der Waals surface area contributed by atoms with Crippen LogP contribution in [0, 0.1) is 6.92 Å². The molecule has 0 radical (unpaired) electrons. The molecule has 18 heavy (non-hydrogen) atoms. The van der Waals surface area contributed by atoms with Crippen molar-refractivity contribution in [1.82, 2.24) is 0 Å². The maximum absolute atomic E-state index is 11.7. The molecule has 0 saturated heterocycles. The number of esters is 1. The third-order valence-corrected chi connectivity index (χ3v) is 2.25. The lowest BCUT2D eigenvalue weighted by Crippen LogP contribution is -2.12. The van der Waals surface area contributed by atoms with Crippen LogP contribution in [0.5, 0.6) is 5.75 Å². The number of methoxy groups -OCH3 is 1. The van der Waals surface area contributed by atoms with Crippen molar-refractivity contribution >= 4 is 17.5 Å². The van der Waals surface area contributed by atoms with Crippen LogP contribution < -0.4 is 0 Å². The largest absolute Gasteiger partial charge is 0.508 e. The smallest absolute Gasteiger partial charge is 0.330 e. The number of phenolic OH excluding ortho intramolecular Hbond substituents is 1. The highest BCUT2D eigenvalue weighted by Crippen LogP contribution is 2.17. The molecule has 0 fully saturated rings. The average Bonchev–Trinajstić information content (AvgIpc) is 2.37. The number of ketones is 2. The molecule has 1 aromatic carbocycles. The molecule has 5 heteroatoms. The molecule has 5 nitrogen and oxygen atoms in total. The summed E-state index contributed by atoms with van der Waals surface area (Å²) in [5.41, 5.74) is 0.649. The van der Waals surface area contributed by atoms with Gasteiger partial charge >= 0.3 is 5.97 Å². The van der Waals surface area contributed by atoms with E-state index in [0.29, 0.717) is 5.56 Å². The van der Waals surface area contributed by atoms with Crippen LogP contribution in [0.15, 0.2) is 30.4 Å². The zero-order valence-electron chi connectivity index (χ0n) is 9.97. The first kappa shape index (κ1) is 13.6. The van der Waals surface area contributed by atoms with Crippen LogP contribution in [0.3, 0.4) is 0 Å². The number of carbonyl (C=O) groups is 3. The van der Waals surface area contributed by atoms with Gasteiger partial charge in [-0.05, 0) is 36.8 Å². The molecule has 1 aromatic rings. The fourth-order valence-corrected chi connectivity index (χ4v) is 1.23. The summed E-state index contributed by atoms with van der Waals surface area (Å²) in [6.07, 6.45) is 1.74. The summed E-state index contributed by atoms with van der Waals surface area (Å²) >= 11 is 0. The highest BCUT2D eigenvalue weighted by Gasteiger charge is 2.14. The molecule has 0 aliphatic carbocycles. The van der Waals surface area contributed by atoms with Crippen LogP contribution in [0.1, 0.15) is 15.9 Å². The van der Waals surface area contributed by atoms with E-state index in [4.69, 9.17) is 0 Å². The topological polar surface area (TPSA) is 80.7 Å². The van der Waals surface area contributed by atoms with Gasteiger partial charge < -0.3 is 9.84 Å². The van der Waals surface area contributed by atoms with E-state index in [1.54, 1.807) is 6.92 Å². The third-order valence-electron chi connectivity index (χ3n) is 2.25. The van der Waals surface area contributed by atoms with Gasteiger partial charge in [-0.15, -0.1) is 0 Å². The predicted molar refractivity (Wildman–Crippen MR) is 63.3 cm³/mol. The van der Waals surface area contributed by atoms with E-state index in [1.807, 2.05) is 0 Å². The normalized spacial score (nSPS) is 10.3. The minimum Gasteiger partial charge on any atom is -0.508 e. The van der Waals surface area contributed by atoms with Gasteiger partial charge in [0.1, 0.15) is 5.75 Å². The quantitative estimate of drug-likeness (QED) is 0.374. The van der Waals surface area contributed by atoms with Crippen molar-refractivity contribution in [1.29, 1.82) is 0 Å². The van der Waals surface area contributed by atoms with Gasteiger partial charge in [-0.2, -0.15) is 0 Å². The molecule has 0 aliphatic heterocycles. The first-order valence-corrected chi connectivity index (χ1v) is 5.10. The second-order valence-electron chi connectivity index (χ2n) is 3.55. The highest BCUT2D eigenvalue weighted by atomic mass is 16.5. The molecule has 0 spiro atoms. The fraction of sp³-hybridized carbons (Fsp3) is 0.154. The summed E-state index contributed by atoms with van der Waals surface area (Å²) in [4.78, 5) is 33.9. The minimum absolute atomic E-state index is 0.0455. The van der Waals surface area contributed by atoms with E-state index >= 15 is 0 Å². The minimum atomic E-state index is -0.828. The summed E-state index contributed by atoms with van der Waals surface area (Å²) in [6.45, 7) is 1.61. The molecule has 1 N–H and O–H groups in total. The number of allylic oxidation sites excluding steroid dienone is 1. The lowest BCUT2D eigenvalue weighted by molar-refractivity contribution is -0.135. The SMILES string of the molecule is COC(=O)/C=C/C(=O)C(=O)c1ccc(O)c(C)c1. The Labute approximate surface area is 104 Å². The number of aromatic hydroxyl groups is 1. The van der Waals surface area contributed by atoms with Crippen LogP contribution in [-0.4, -0.2) is 29.8 Å². The first-order valence-electron chi connectivity index (χ1n) is 5.10. The molecule has 0 atom stereocenters. The summed E-state index contributed by atoms with van der Waals surface area (Å²) in [5, 5.41) is 9.30. The maximum Gasteiger partial charge on any atom is 0.330 e. The molecule has 0 amide bonds. The number of hydrogen-bond donors (Lipinski definition) is 1. The van der Waals surface area contributed by atoms with Crippen LogP contribution >= 0.6 is 0 Å². The second kappa shape index (κ2) is 5.77. The number of rotatable bonds is 4. The van der Waals surface area contributed by atoms with Gasteiger partial charge in [-0.1, -0.05) is 0 Å². The molecular formula is C13H12O5. The number of ether oxygens (including phenoxy) is 1. The first-order chi connectivity index (χ1) is 8.45. The summed E-state index contributed by atoms with van der Waals surface area (Å²) in [6, 6.07) is 4.08. The Morgan fingerprint density at radius 3 is 2.44 bits per heavy atom. The number of hydrogen-bond acceptors (Lipinski definition) is 5. The summed E-state index contributed by atoms with van der Waals surface area (Å²) in [7, 11) is 1.17. The number of phenols is 1. The zero-order chi connectivity index (χ0) is 13.7. The highest BCUT2D eigenvalue weighted by molar-refractivity contribution is 6.47. The van der Waals surface area contributed by atoms with Crippen LogP contribution in [0.2, 0.25) is 0 Å². The Kier molecular flexibility index (Phi) is 4.37. The Morgan fingerprint density at radius 1 is 1.22 bits per heavy atom. The van der Waals surface area contributed by atoms with Crippen LogP contribution in [0.25, 0.3) is 0 Å². The summed E-state index contributed by atoms with van der Waals surface area (Å²) in [5.74, 6) is -2.24. The van der Waals surface area contributed by atoms with E-state index in [0.717, 1.165) is 12.2 Å². The van der Waals surface area contributed by atoms with Crippen molar-refractivity contribution in [2.45, 2.75) is 6.92 Å². The molecule has 0 heterocycles. The Hall–Kier alpha value is -2.43. The van der Waals surface area contributed by atoms with Crippen molar-refractivity contribution < 1.29 is 24.2 Å². The molecule has 0 unspecified atom stereocenters. The van der Waals surface area contributed by atoms with Crippen molar-refractivity contribution in [2.24, 2.45) is 0 Å². The Morgan fingerprint density at radius 2 is 1.89 bits per heavy atom. The van der Waals surface area contributed by atoms with Gasteiger partial charge in [0.15, 0.2) is 0 Å². The zero-order valence-corrected chi connectivity index (χ0v) is 9.97. The van der Waals surface area contributed by atoms with Gasteiger partial charge in [0, 0.05) is 11.6 Å². The van der Waals surface area contributed by atoms with Crippen molar-refractivity contribution in [3.8, 4) is 5.75 Å². The number of Topliss-reactive ketones (excluding diaryl/α,β-unsaturated/α-hetero) is 1. The fourth-order valence-electron chi connectivity index (χ4n) is 1.23. The number of benzene rings is 1. The van der Waals surface area contributed by atoms with E-state index in [-0.39, 0.29) is 11.3 Å². The number of aryl methyl sites for hydroxylation is 1. The van der Waals surface area contributed by atoms with E-state index in [2.05, 4.69) is 4.74 Å². The maximum atomic E-state index is 11.7. The number of carbonyl (C=O) groups excluding carboxylic acids is 3. The van der Waals surface area contributed by atoms with Gasteiger partial charge in [0.2, 0.25) is 11.6 Å². The molecule has 0 saturated carbocycles. The van der Waals surface area contributed by atoms with Crippen molar-refractivity contribution in [3.05, 3.63) is 41.5 Å². The molecule has 0 aliphatic rings. The van der Waals surface area contributed by atoms with Gasteiger partial charge in [0.05, 0.1) is 7.11 Å². The standard InChI is InChI=1S/C13H12O5/c1-8-7-9(3-4-10(8)14)13(17)11(15)5-6-12(16)18-2/h3-7,14H,1-2H3/b6-5+. The molecule has 1 rings (SSSR count). The molecule has 0 bridgehead atoms. The lowest BCUT2D eigenvalue weighted by atomic mass is 10.0. The van der Waals surface area contributed by atoms with E-state index < -0.39 is 17.5 Å². The Bertz CT molecular complexity index is 528. The molecule has 0 aromatic heterocycles. The van der Waals surface area contributed by atoms with Crippen LogP contribution in [0.4, 0.5) is 0 Å². The Balaban J connectivity index is 2.87. The monoisotopic (exact) mass is 248 g/mol. The molecular weight excluding hydrogens is 236 g/mol. The molecule has 94 valence electrons. The van der Waals surface area contributed by atoms with Gasteiger partial charge in [0.25, 0.3) is 0 Å². The average molecular weight is 248 g/mol. The van der Waals surface area contributed by atoms with E-state index in [9.17, 15) is 19.5 Å². The summed E-state index contributed by atoms with van der Waals surface area (Å²) < 4.78 is 4.30. The second-order valence-corrected chi connectivity index (χ2v) is 3.55. The predicted octanol–water partition coefficient (Wildman–Crippen LogP) is 1.18. The van der Waals surface area contributed by atoms with Crippen molar-refractivity contribution in [3.63, 3.8) is 0 Å². The van der Waals surface area contributed by atoms with Gasteiger partial charge in [-0.3, -0.25) is 9.59 Å². The van der Waals surface area contributed by atoms with Crippen molar-refractivity contribution in [2.75, 3.05) is 7.11 Å².